The Morgan fingerprint density at radius 1 is 0.950 bits per heavy atom. The van der Waals surface area contributed by atoms with E-state index in [0.717, 1.165) is 17.7 Å². The molecule has 0 aromatic heterocycles. The molecule has 2 rings (SSSR count). The lowest BCUT2D eigenvalue weighted by atomic mass is 10.1. The van der Waals surface area contributed by atoms with Gasteiger partial charge in [0.25, 0.3) is 0 Å². The average Bonchev–Trinajstić information content (AvgIpc) is 2.39. The summed E-state index contributed by atoms with van der Waals surface area (Å²) in [7, 11) is -1.25. The zero-order valence-corrected chi connectivity index (χ0v) is 11.6. The molecule has 5 heteroatoms. The average molecular weight is 298 g/mol. The third kappa shape index (κ3) is 3.70. The summed E-state index contributed by atoms with van der Waals surface area (Å²) in [5, 5.41) is 0. The Bertz CT molecular complexity index is 601. The van der Waals surface area contributed by atoms with Crippen molar-refractivity contribution in [1.82, 2.24) is 0 Å². The molecule has 20 heavy (non-hydrogen) atoms. The first-order valence-electron chi connectivity index (χ1n) is 5.97. The smallest absolute Gasteiger partial charge is 0.254 e. The molecule has 0 bridgehead atoms. The Hall–Kier alpha value is -1.62. The van der Waals surface area contributed by atoms with E-state index in [0.29, 0.717) is 10.5 Å². The van der Waals surface area contributed by atoms with Crippen molar-refractivity contribution in [3.05, 3.63) is 65.2 Å². The minimum atomic E-state index is -4.34. The molecule has 0 aliphatic carbocycles. The van der Waals surface area contributed by atoms with Crippen LogP contribution in [-0.4, -0.2) is 4.21 Å². The predicted octanol–water partition coefficient (Wildman–Crippen LogP) is 4.32. The van der Waals surface area contributed by atoms with Crippen LogP contribution in [0.4, 0.5) is 13.2 Å². The van der Waals surface area contributed by atoms with Gasteiger partial charge in [-0.1, -0.05) is 29.8 Å². The lowest BCUT2D eigenvalue weighted by Gasteiger charge is -2.08. The lowest BCUT2D eigenvalue weighted by Crippen LogP contribution is -2.05. The zero-order chi connectivity index (χ0) is 14.8. The van der Waals surface area contributed by atoms with Gasteiger partial charge in [-0.3, -0.25) is 4.21 Å². The van der Waals surface area contributed by atoms with Crippen LogP contribution < -0.4 is 0 Å². The summed E-state index contributed by atoms with van der Waals surface area (Å²) < 4.78 is 49.4. The maximum absolute atomic E-state index is 12.4. The maximum Gasteiger partial charge on any atom is 0.416 e. The van der Waals surface area contributed by atoms with Crippen molar-refractivity contribution in [1.29, 1.82) is 0 Å². The molecule has 0 saturated heterocycles. The Labute approximate surface area is 117 Å². The molecule has 0 unspecified atom stereocenters. The van der Waals surface area contributed by atoms with Crippen LogP contribution >= 0.6 is 0 Å². The molecule has 1 atom stereocenters. The van der Waals surface area contributed by atoms with Gasteiger partial charge < -0.3 is 0 Å². The van der Waals surface area contributed by atoms with Crippen LogP contribution in [0, 0.1) is 6.92 Å². The first kappa shape index (κ1) is 14.8. The molecule has 2 aromatic carbocycles. The van der Waals surface area contributed by atoms with Crippen LogP contribution in [0.1, 0.15) is 16.7 Å². The number of rotatable bonds is 3. The van der Waals surface area contributed by atoms with Crippen molar-refractivity contribution in [2.75, 3.05) is 0 Å². The highest BCUT2D eigenvalue weighted by molar-refractivity contribution is 7.84. The molecule has 0 spiro atoms. The zero-order valence-electron chi connectivity index (χ0n) is 10.8. The summed E-state index contributed by atoms with van der Waals surface area (Å²) in [5.74, 6) is 0.210. The molecule has 0 N–H and O–H groups in total. The van der Waals surface area contributed by atoms with E-state index in [-0.39, 0.29) is 5.75 Å². The van der Waals surface area contributed by atoms with E-state index in [9.17, 15) is 17.4 Å². The van der Waals surface area contributed by atoms with Gasteiger partial charge in [-0.2, -0.15) is 13.2 Å². The van der Waals surface area contributed by atoms with Gasteiger partial charge in [0, 0.05) is 4.90 Å². The van der Waals surface area contributed by atoms with E-state index >= 15 is 0 Å². The topological polar surface area (TPSA) is 17.1 Å². The van der Waals surface area contributed by atoms with Gasteiger partial charge >= 0.3 is 6.18 Å². The second kappa shape index (κ2) is 5.79. The van der Waals surface area contributed by atoms with E-state index < -0.39 is 22.5 Å². The highest BCUT2D eigenvalue weighted by atomic mass is 32.2. The summed E-state index contributed by atoms with van der Waals surface area (Å²) in [6, 6.07) is 12.0. The first-order valence-corrected chi connectivity index (χ1v) is 7.29. The van der Waals surface area contributed by atoms with E-state index in [4.69, 9.17) is 0 Å². The fourth-order valence-electron chi connectivity index (χ4n) is 1.71. The standard InChI is InChI=1S/C15H13F3OS/c1-11-2-8-14(9-3-11)20(19)10-12-4-6-13(7-5-12)15(16,17)18/h2-9H,10H2,1H3/t20-/m1/s1. The molecule has 0 aliphatic rings. The van der Waals surface area contributed by atoms with Crippen LogP contribution in [0.3, 0.4) is 0 Å². The molecule has 0 amide bonds. The van der Waals surface area contributed by atoms with E-state index in [2.05, 4.69) is 0 Å². The molecule has 0 saturated carbocycles. The predicted molar refractivity (Wildman–Crippen MR) is 72.7 cm³/mol. The number of hydrogen-bond donors (Lipinski definition) is 0. The van der Waals surface area contributed by atoms with Crippen LogP contribution in [-0.2, 0) is 22.7 Å². The largest absolute Gasteiger partial charge is 0.416 e. The van der Waals surface area contributed by atoms with E-state index in [1.807, 2.05) is 19.1 Å². The molecule has 0 fully saturated rings. The summed E-state index contributed by atoms with van der Waals surface area (Å²) in [5.41, 5.74) is 1.000. The van der Waals surface area contributed by atoms with Gasteiger partial charge in [0.05, 0.1) is 22.1 Å². The number of halogens is 3. The number of aryl methyl sites for hydroxylation is 1. The molecule has 2 aromatic rings. The SMILES string of the molecule is Cc1ccc([S@](=O)Cc2ccc(C(F)(F)F)cc2)cc1. The van der Waals surface area contributed by atoms with Crippen molar-refractivity contribution in [3.8, 4) is 0 Å². The van der Waals surface area contributed by atoms with Gasteiger partial charge in [0.1, 0.15) is 0 Å². The Morgan fingerprint density at radius 2 is 1.50 bits per heavy atom. The van der Waals surface area contributed by atoms with Gasteiger partial charge in [-0.05, 0) is 36.8 Å². The number of hydrogen-bond acceptors (Lipinski definition) is 1. The second-order valence-electron chi connectivity index (χ2n) is 4.50. The van der Waals surface area contributed by atoms with E-state index in [1.165, 1.54) is 12.1 Å². The fourth-order valence-corrected chi connectivity index (χ4v) is 2.82. The summed E-state index contributed by atoms with van der Waals surface area (Å²) in [6.07, 6.45) is -4.34. The highest BCUT2D eigenvalue weighted by Crippen LogP contribution is 2.29. The van der Waals surface area contributed by atoms with Crippen molar-refractivity contribution in [2.24, 2.45) is 0 Å². The lowest BCUT2D eigenvalue weighted by molar-refractivity contribution is -0.137. The summed E-state index contributed by atoms with van der Waals surface area (Å²) in [4.78, 5) is 0.676. The second-order valence-corrected chi connectivity index (χ2v) is 5.95. The third-order valence-corrected chi connectivity index (χ3v) is 4.26. The molecule has 1 nitrogen and oxygen atoms in total. The van der Waals surface area contributed by atoms with Crippen molar-refractivity contribution < 1.29 is 17.4 Å². The molecule has 0 aliphatic heterocycles. The van der Waals surface area contributed by atoms with Crippen molar-refractivity contribution in [2.45, 2.75) is 23.7 Å². The normalized spacial score (nSPS) is 13.2. The highest BCUT2D eigenvalue weighted by Gasteiger charge is 2.29. The molecule has 106 valence electrons. The third-order valence-electron chi connectivity index (χ3n) is 2.86. The van der Waals surface area contributed by atoms with Crippen LogP contribution in [0.2, 0.25) is 0 Å². The monoisotopic (exact) mass is 298 g/mol. The Kier molecular flexibility index (Phi) is 4.28. The van der Waals surface area contributed by atoms with Crippen molar-refractivity contribution in [3.63, 3.8) is 0 Å². The van der Waals surface area contributed by atoms with Crippen LogP contribution in [0.15, 0.2) is 53.4 Å². The molecular weight excluding hydrogens is 285 g/mol. The quantitative estimate of drug-likeness (QED) is 0.824. The maximum atomic E-state index is 12.4. The van der Waals surface area contributed by atoms with Gasteiger partial charge in [-0.15, -0.1) is 0 Å². The number of alkyl halides is 3. The van der Waals surface area contributed by atoms with Crippen LogP contribution in [0.25, 0.3) is 0 Å². The molecule has 0 radical (unpaired) electrons. The molecular formula is C15H13F3OS. The minimum absolute atomic E-state index is 0.210. The van der Waals surface area contributed by atoms with E-state index in [1.54, 1.807) is 12.1 Å². The van der Waals surface area contributed by atoms with Crippen molar-refractivity contribution >= 4 is 10.8 Å². The number of benzene rings is 2. The first-order chi connectivity index (χ1) is 9.36. The van der Waals surface area contributed by atoms with Crippen LogP contribution in [0.5, 0.6) is 0 Å². The van der Waals surface area contributed by atoms with Gasteiger partial charge in [-0.25, -0.2) is 0 Å². The molecule has 0 heterocycles. The summed E-state index contributed by atoms with van der Waals surface area (Å²) >= 11 is 0. The Balaban J connectivity index is 2.10. The minimum Gasteiger partial charge on any atom is -0.254 e. The summed E-state index contributed by atoms with van der Waals surface area (Å²) in [6.45, 7) is 1.93. The fraction of sp³-hybridized carbons (Fsp3) is 0.200. The Morgan fingerprint density at radius 3 is 2.00 bits per heavy atom. The van der Waals surface area contributed by atoms with Gasteiger partial charge in [0.15, 0.2) is 0 Å². The van der Waals surface area contributed by atoms with Gasteiger partial charge in [0.2, 0.25) is 0 Å².